The summed E-state index contributed by atoms with van der Waals surface area (Å²) in [6, 6.07) is 13.3. The van der Waals surface area contributed by atoms with E-state index in [0.717, 1.165) is 0 Å². The number of carbonyl (C=O) groups excluding carboxylic acids is 3. The van der Waals surface area contributed by atoms with E-state index in [1.807, 2.05) is 0 Å². The molecular formula is C19H17NO5. The van der Waals surface area contributed by atoms with Crippen LogP contribution in [-0.2, 0) is 9.59 Å². The Bertz CT molecular complexity index is 780. The molecule has 25 heavy (non-hydrogen) atoms. The summed E-state index contributed by atoms with van der Waals surface area (Å²) in [6.45, 7) is -0.104. The fourth-order valence-electron chi connectivity index (χ4n) is 2.57. The maximum Gasteiger partial charge on any atom is 0.234 e. The van der Waals surface area contributed by atoms with Crippen molar-refractivity contribution in [3.63, 3.8) is 0 Å². The van der Waals surface area contributed by atoms with E-state index in [2.05, 4.69) is 0 Å². The molecule has 0 spiro atoms. The third-order valence-corrected chi connectivity index (χ3v) is 3.93. The molecule has 2 amide bonds. The van der Waals surface area contributed by atoms with Crippen LogP contribution in [0.5, 0.6) is 11.5 Å². The maximum absolute atomic E-state index is 12.1. The second-order valence-corrected chi connectivity index (χ2v) is 5.56. The number of ether oxygens (including phenoxy) is 2. The molecule has 0 atom stereocenters. The van der Waals surface area contributed by atoms with Crippen molar-refractivity contribution in [1.82, 2.24) is 0 Å². The molecule has 6 nitrogen and oxygen atoms in total. The van der Waals surface area contributed by atoms with Gasteiger partial charge in [-0.1, -0.05) is 0 Å². The van der Waals surface area contributed by atoms with Gasteiger partial charge in [0.2, 0.25) is 11.8 Å². The fraction of sp³-hybridized carbons (Fsp3) is 0.211. The second kappa shape index (κ2) is 7.17. The molecule has 0 aromatic heterocycles. The van der Waals surface area contributed by atoms with Crippen molar-refractivity contribution in [1.29, 1.82) is 0 Å². The van der Waals surface area contributed by atoms with E-state index >= 15 is 0 Å². The van der Waals surface area contributed by atoms with E-state index in [0.29, 0.717) is 22.7 Å². The maximum atomic E-state index is 12.1. The van der Waals surface area contributed by atoms with Crippen LogP contribution in [0.25, 0.3) is 0 Å². The topological polar surface area (TPSA) is 72.9 Å². The number of rotatable bonds is 6. The summed E-state index contributed by atoms with van der Waals surface area (Å²) in [4.78, 5) is 36.7. The number of nitrogens with zero attached hydrogens (tertiary/aromatic N) is 1. The van der Waals surface area contributed by atoms with E-state index in [1.54, 1.807) is 55.6 Å². The molecule has 0 unspecified atom stereocenters. The summed E-state index contributed by atoms with van der Waals surface area (Å²) in [5, 5.41) is 0. The first-order valence-corrected chi connectivity index (χ1v) is 7.84. The summed E-state index contributed by atoms with van der Waals surface area (Å²) in [5.74, 6) is 0.613. The predicted molar refractivity (Wildman–Crippen MR) is 91.0 cm³/mol. The number of benzene rings is 2. The minimum atomic E-state index is -0.201. The van der Waals surface area contributed by atoms with Gasteiger partial charge in [-0.05, 0) is 48.5 Å². The molecule has 1 aliphatic rings. The highest BCUT2D eigenvalue weighted by atomic mass is 16.5. The minimum absolute atomic E-state index is 0.104. The molecule has 0 aliphatic carbocycles. The highest BCUT2D eigenvalue weighted by Gasteiger charge is 2.30. The van der Waals surface area contributed by atoms with Crippen molar-refractivity contribution in [2.45, 2.75) is 12.8 Å². The van der Waals surface area contributed by atoms with E-state index < -0.39 is 0 Å². The van der Waals surface area contributed by atoms with E-state index in [1.165, 1.54) is 4.90 Å². The summed E-state index contributed by atoms with van der Waals surface area (Å²) in [6.07, 6.45) is 0.487. The van der Waals surface area contributed by atoms with Gasteiger partial charge in [0.15, 0.2) is 12.4 Å². The molecule has 1 heterocycles. The standard InChI is InChI=1S/C19H17NO5/c1-24-15-6-2-13(3-7-15)17(21)12-25-16-8-4-14(5-9-16)20-18(22)10-11-19(20)23/h2-9H,10-12H2,1H3. The van der Waals surface area contributed by atoms with Gasteiger partial charge < -0.3 is 9.47 Å². The number of imide groups is 1. The molecule has 1 fully saturated rings. The zero-order valence-electron chi connectivity index (χ0n) is 13.7. The van der Waals surface area contributed by atoms with Crippen molar-refractivity contribution >= 4 is 23.3 Å². The third kappa shape index (κ3) is 3.68. The van der Waals surface area contributed by atoms with Crippen LogP contribution in [-0.4, -0.2) is 31.3 Å². The zero-order valence-corrected chi connectivity index (χ0v) is 13.7. The van der Waals surface area contributed by atoms with Crippen LogP contribution in [0.15, 0.2) is 48.5 Å². The summed E-state index contributed by atoms with van der Waals surface area (Å²) >= 11 is 0. The summed E-state index contributed by atoms with van der Waals surface area (Å²) in [5.41, 5.74) is 1.05. The average Bonchev–Trinajstić information content (AvgIpc) is 2.98. The SMILES string of the molecule is COc1ccc(C(=O)COc2ccc(N3C(=O)CCC3=O)cc2)cc1. The first kappa shape index (κ1) is 16.7. The number of methoxy groups -OCH3 is 1. The molecule has 2 aromatic carbocycles. The highest BCUT2D eigenvalue weighted by Crippen LogP contribution is 2.25. The Morgan fingerprint density at radius 3 is 2.04 bits per heavy atom. The van der Waals surface area contributed by atoms with Crippen molar-refractivity contribution in [3.05, 3.63) is 54.1 Å². The van der Waals surface area contributed by atoms with Crippen LogP contribution in [0, 0.1) is 0 Å². The second-order valence-electron chi connectivity index (χ2n) is 5.56. The van der Waals surface area contributed by atoms with Gasteiger partial charge in [-0.3, -0.25) is 19.3 Å². The van der Waals surface area contributed by atoms with E-state index in [9.17, 15) is 14.4 Å². The average molecular weight is 339 g/mol. The summed E-state index contributed by atoms with van der Waals surface area (Å²) in [7, 11) is 1.56. The van der Waals surface area contributed by atoms with Gasteiger partial charge in [-0.25, -0.2) is 0 Å². The molecular weight excluding hydrogens is 322 g/mol. The van der Waals surface area contributed by atoms with Crippen molar-refractivity contribution in [3.8, 4) is 11.5 Å². The fourth-order valence-corrected chi connectivity index (χ4v) is 2.57. The van der Waals surface area contributed by atoms with Crippen LogP contribution >= 0.6 is 0 Å². The van der Waals surface area contributed by atoms with Gasteiger partial charge in [0.25, 0.3) is 0 Å². The van der Waals surface area contributed by atoms with Gasteiger partial charge in [0, 0.05) is 18.4 Å². The molecule has 1 saturated heterocycles. The van der Waals surface area contributed by atoms with Crippen LogP contribution in [0.3, 0.4) is 0 Å². The van der Waals surface area contributed by atoms with Gasteiger partial charge in [-0.15, -0.1) is 0 Å². The van der Waals surface area contributed by atoms with Gasteiger partial charge in [0.05, 0.1) is 12.8 Å². The lowest BCUT2D eigenvalue weighted by Crippen LogP contribution is -2.28. The monoisotopic (exact) mass is 339 g/mol. The number of anilines is 1. The number of amides is 2. The quantitative estimate of drug-likeness (QED) is 0.597. The molecule has 128 valence electrons. The number of Topliss-reactive ketones (excluding diaryl/α,β-unsaturated/α-hetero) is 1. The predicted octanol–water partition coefficient (Wildman–Crippen LogP) is 2.61. The van der Waals surface area contributed by atoms with Gasteiger partial charge in [-0.2, -0.15) is 0 Å². The first-order chi connectivity index (χ1) is 12.1. The lowest BCUT2D eigenvalue weighted by molar-refractivity contribution is -0.121. The zero-order chi connectivity index (χ0) is 17.8. The number of hydrogen-bond acceptors (Lipinski definition) is 5. The van der Waals surface area contributed by atoms with Crippen molar-refractivity contribution < 1.29 is 23.9 Å². The Hall–Kier alpha value is -3.15. The first-order valence-electron chi connectivity index (χ1n) is 7.84. The molecule has 0 N–H and O–H groups in total. The van der Waals surface area contributed by atoms with Crippen LogP contribution in [0.4, 0.5) is 5.69 Å². The Morgan fingerprint density at radius 2 is 1.48 bits per heavy atom. The Labute approximate surface area is 145 Å². The van der Waals surface area contributed by atoms with E-state index in [4.69, 9.17) is 9.47 Å². The Balaban J connectivity index is 1.60. The smallest absolute Gasteiger partial charge is 0.234 e. The minimum Gasteiger partial charge on any atom is -0.497 e. The molecule has 1 aliphatic heterocycles. The molecule has 2 aromatic rings. The molecule has 3 rings (SSSR count). The molecule has 0 saturated carbocycles. The Morgan fingerprint density at radius 1 is 0.920 bits per heavy atom. The molecule has 0 radical (unpaired) electrons. The van der Waals surface area contributed by atoms with Crippen LogP contribution in [0.1, 0.15) is 23.2 Å². The number of ketones is 1. The lowest BCUT2D eigenvalue weighted by atomic mass is 10.1. The Kier molecular flexibility index (Phi) is 4.79. The van der Waals surface area contributed by atoms with Gasteiger partial charge >= 0.3 is 0 Å². The lowest BCUT2D eigenvalue weighted by Gasteiger charge is -2.14. The molecule has 6 heteroatoms. The van der Waals surface area contributed by atoms with Crippen LogP contribution < -0.4 is 14.4 Å². The van der Waals surface area contributed by atoms with Gasteiger partial charge in [0.1, 0.15) is 11.5 Å². The van der Waals surface area contributed by atoms with E-state index in [-0.39, 0.29) is 37.0 Å². The molecule has 0 bridgehead atoms. The number of carbonyl (C=O) groups is 3. The van der Waals surface area contributed by atoms with Crippen LogP contribution in [0.2, 0.25) is 0 Å². The van der Waals surface area contributed by atoms with Crippen molar-refractivity contribution in [2.75, 3.05) is 18.6 Å². The highest BCUT2D eigenvalue weighted by molar-refractivity contribution is 6.19. The summed E-state index contributed by atoms with van der Waals surface area (Å²) < 4.78 is 10.5. The number of hydrogen-bond donors (Lipinski definition) is 0. The largest absolute Gasteiger partial charge is 0.497 e. The third-order valence-electron chi connectivity index (χ3n) is 3.93. The normalized spacial score (nSPS) is 13.9. The van der Waals surface area contributed by atoms with Crippen molar-refractivity contribution in [2.24, 2.45) is 0 Å².